The second-order valence-corrected chi connectivity index (χ2v) is 3.75. The van der Waals surface area contributed by atoms with E-state index in [1.54, 1.807) is 24.3 Å². The molecular formula is C13H10N4O2. The van der Waals surface area contributed by atoms with E-state index < -0.39 is 17.5 Å². The van der Waals surface area contributed by atoms with Crippen LogP contribution in [0.2, 0.25) is 0 Å². The van der Waals surface area contributed by atoms with Gasteiger partial charge in [0.25, 0.3) is 11.5 Å². The number of nitrogens with one attached hydrogen (secondary N) is 2. The predicted molar refractivity (Wildman–Crippen MR) is 67.1 cm³/mol. The van der Waals surface area contributed by atoms with Crippen LogP contribution in [0.4, 0.5) is 0 Å². The van der Waals surface area contributed by atoms with E-state index in [9.17, 15) is 9.59 Å². The molecule has 2 rings (SSSR count). The quantitative estimate of drug-likeness (QED) is 0.844. The largest absolute Gasteiger partial charge is 0.331 e. The van der Waals surface area contributed by atoms with E-state index in [0.29, 0.717) is 5.56 Å². The van der Waals surface area contributed by atoms with Crippen LogP contribution in [0.15, 0.2) is 47.3 Å². The van der Waals surface area contributed by atoms with Gasteiger partial charge >= 0.3 is 0 Å². The van der Waals surface area contributed by atoms with E-state index >= 15 is 0 Å². The van der Waals surface area contributed by atoms with Crippen molar-refractivity contribution in [1.82, 2.24) is 15.5 Å². The van der Waals surface area contributed by atoms with Crippen LogP contribution in [-0.2, 0) is 0 Å². The van der Waals surface area contributed by atoms with E-state index in [0.717, 1.165) is 0 Å². The Kier molecular flexibility index (Phi) is 3.69. The topological polar surface area (TPSA) is 98.6 Å². The lowest BCUT2D eigenvalue weighted by atomic mass is 10.1. The number of H-pyrrole nitrogens is 1. The maximum absolute atomic E-state index is 11.9. The highest BCUT2D eigenvalue weighted by atomic mass is 16.2. The van der Waals surface area contributed by atoms with Crippen LogP contribution in [0.25, 0.3) is 0 Å². The third kappa shape index (κ3) is 3.04. The lowest BCUT2D eigenvalue weighted by Gasteiger charge is -2.11. The maximum atomic E-state index is 11.9. The fourth-order valence-corrected chi connectivity index (χ4v) is 1.51. The lowest BCUT2D eigenvalue weighted by molar-refractivity contribution is 0.0939. The van der Waals surface area contributed by atoms with Gasteiger partial charge in [0, 0.05) is 6.07 Å². The monoisotopic (exact) mass is 254 g/mol. The van der Waals surface area contributed by atoms with Gasteiger partial charge in [-0.25, -0.2) is 5.10 Å². The van der Waals surface area contributed by atoms with Crippen LogP contribution >= 0.6 is 0 Å². The molecule has 1 unspecified atom stereocenters. The van der Waals surface area contributed by atoms with Crippen molar-refractivity contribution in [2.24, 2.45) is 0 Å². The van der Waals surface area contributed by atoms with Gasteiger partial charge in [-0.05, 0) is 11.6 Å². The smallest absolute Gasteiger partial charge is 0.273 e. The normalized spacial score (nSPS) is 11.3. The summed E-state index contributed by atoms with van der Waals surface area (Å²) >= 11 is 0. The fourth-order valence-electron chi connectivity index (χ4n) is 1.51. The molecule has 2 N–H and O–H groups in total. The molecular weight excluding hydrogens is 244 g/mol. The zero-order valence-corrected chi connectivity index (χ0v) is 9.83. The Bertz CT molecular complexity index is 653. The number of amides is 1. The average molecular weight is 254 g/mol. The summed E-state index contributed by atoms with van der Waals surface area (Å²) in [5.74, 6) is -0.522. The summed E-state index contributed by atoms with van der Waals surface area (Å²) in [6.45, 7) is 0. The van der Waals surface area contributed by atoms with Crippen molar-refractivity contribution < 1.29 is 4.79 Å². The molecule has 1 heterocycles. The molecule has 1 aromatic heterocycles. The number of carbonyl (C=O) groups excluding carboxylic acids is 1. The summed E-state index contributed by atoms with van der Waals surface area (Å²) in [4.78, 5) is 22.7. The Labute approximate surface area is 108 Å². The Morgan fingerprint density at radius 2 is 2.00 bits per heavy atom. The molecule has 0 saturated carbocycles. The molecule has 0 saturated heterocycles. The number of aromatic nitrogens is 2. The Morgan fingerprint density at radius 1 is 1.26 bits per heavy atom. The second kappa shape index (κ2) is 5.60. The maximum Gasteiger partial charge on any atom is 0.273 e. The van der Waals surface area contributed by atoms with E-state index in [1.807, 2.05) is 12.1 Å². The number of aromatic amines is 1. The Morgan fingerprint density at radius 3 is 2.58 bits per heavy atom. The zero-order valence-electron chi connectivity index (χ0n) is 9.83. The highest BCUT2D eigenvalue weighted by Crippen LogP contribution is 2.11. The van der Waals surface area contributed by atoms with Crippen molar-refractivity contribution in [2.75, 3.05) is 0 Å². The molecule has 0 fully saturated rings. The Hall–Kier alpha value is -2.94. The molecule has 94 valence electrons. The van der Waals surface area contributed by atoms with E-state index in [2.05, 4.69) is 15.5 Å². The number of benzene rings is 1. The first kappa shape index (κ1) is 12.5. The summed E-state index contributed by atoms with van der Waals surface area (Å²) in [6.07, 6.45) is 0. The van der Waals surface area contributed by atoms with Crippen molar-refractivity contribution >= 4 is 5.91 Å². The molecule has 1 amide bonds. The second-order valence-electron chi connectivity index (χ2n) is 3.75. The van der Waals surface area contributed by atoms with Crippen molar-refractivity contribution in [1.29, 1.82) is 5.26 Å². The van der Waals surface area contributed by atoms with Crippen LogP contribution in [0.1, 0.15) is 22.1 Å². The molecule has 6 heteroatoms. The molecule has 0 aliphatic rings. The lowest BCUT2D eigenvalue weighted by Crippen LogP contribution is -2.29. The number of rotatable bonds is 3. The van der Waals surface area contributed by atoms with Gasteiger partial charge in [-0.2, -0.15) is 10.4 Å². The summed E-state index contributed by atoms with van der Waals surface area (Å²) in [5, 5.41) is 17.4. The van der Waals surface area contributed by atoms with E-state index in [4.69, 9.17) is 5.26 Å². The summed E-state index contributed by atoms with van der Waals surface area (Å²) in [6, 6.07) is 12.6. The van der Waals surface area contributed by atoms with Gasteiger partial charge in [0.1, 0.15) is 11.7 Å². The SMILES string of the molecule is N#CC(NC(=O)c1ccc(=O)[nH]n1)c1ccccc1. The van der Waals surface area contributed by atoms with Gasteiger partial charge in [0.15, 0.2) is 0 Å². The van der Waals surface area contributed by atoms with Crippen molar-refractivity contribution in [3.63, 3.8) is 0 Å². The third-order valence-corrected chi connectivity index (χ3v) is 2.45. The Balaban J connectivity index is 2.16. The molecule has 2 aromatic rings. The van der Waals surface area contributed by atoms with Crippen LogP contribution in [0.5, 0.6) is 0 Å². The number of nitrogens with zero attached hydrogens (tertiary/aromatic N) is 2. The molecule has 0 radical (unpaired) electrons. The van der Waals surface area contributed by atoms with Crippen molar-refractivity contribution in [2.45, 2.75) is 6.04 Å². The van der Waals surface area contributed by atoms with Gasteiger partial charge in [-0.3, -0.25) is 9.59 Å². The molecule has 1 atom stereocenters. The predicted octanol–water partition coefficient (Wildman–Crippen LogP) is 0.765. The van der Waals surface area contributed by atoms with Crippen LogP contribution in [0, 0.1) is 11.3 Å². The molecule has 6 nitrogen and oxygen atoms in total. The highest BCUT2D eigenvalue weighted by molar-refractivity contribution is 5.92. The number of nitriles is 1. The average Bonchev–Trinajstić information content (AvgIpc) is 2.46. The van der Waals surface area contributed by atoms with Crippen LogP contribution in [0.3, 0.4) is 0 Å². The molecule has 0 aliphatic carbocycles. The van der Waals surface area contributed by atoms with E-state index in [1.165, 1.54) is 12.1 Å². The molecule has 1 aromatic carbocycles. The van der Waals surface area contributed by atoms with Crippen molar-refractivity contribution in [3.05, 3.63) is 64.1 Å². The molecule has 0 spiro atoms. The number of hydrogen-bond acceptors (Lipinski definition) is 4. The summed E-state index contributed by atoms with van der Waals surface area (Å²) < 4.78 is 0. The van der Waals surface area contributed by atoms with Crippen LogP contribution < -0.4 is 10.9 Å². The van der Waals surface area contributed by atoms with Crippen LogP contribution in [-0.4, -0.2) is 16.1 Å². The summed E-state index contributed by atoms with van der Waals surface area (Å²) in [5.41, 5.74) is 0.343. The first-order valence-corrected chi connectivity index (χ1v) is 5.52. The standard InChI is InChI=1S/C13H10N4O2/c14-8-11(9-4-2-1-3-5-9)15-13(19)10-6-7-12(18)17-16-10/h1-7,11H,(H,15,19)(H,17,18). The van der Waals surface area contributed by atoms with Gasteiger partial charge in [-0.15, -0.1) is 0 Å². The minimum Gasteiger partial charge on any atom is -0.331 e. The fraction of sp³-hybridized carbons (Fsp3) is 0.0769. The van der Waals surface area contributed by atoms with Gasteiger partial charge < -0.3 is 5.32 Å². The van der Waals surface area contributed by atoms with Gasteiger partial charge in [0.2, 0.25) is 0 Å². The first-order valence-electron chi connectivity index (χ1n) is 5.52. The minimum absolute atomic E-state index is 0.0516. The summed E-state index contributed by atoms with van der Waals surface area (Å²) in [7, 11) is 0. The van der Waals surface area contributed by atoms with Gasteiger partial charge in [-0.1, -0.05) is 30.3 Å². The van der Waals surface area contributed by atoms with E-state index in [-0.39, 0.29) is 5.69 Å². The number of hydrogen-bond donors (Lipinski definition) is 2. The highest BCUT2D eigenvalue weighted by Gasteiger charge is 2.15. The van der Waals surface area contributed by atoms with Crippen molar-refractivity contribution in [3.8, 4) is 6.07 Å². The molecule has 0 bridgehead atoms. The minimum atomic E-state index is -0.762. The molecule has 19 heavy (non-hydrogen) atoms. The molecule has 0 aliphatic heterocycles. The third-order valence-electron chi connectivity index (χ3n) is 2.45. The first-order chi connectivity index (χ1) is 9.20. The number of carbonyl (C=O) groups is 1. The zero-order chi connectivity index (χ0) is 13.7. The van der Waals surface area contributed by atoms with Gasteiger partial charge in [0.05, 0.1) is 6.07 Å².